The van der Waals surface area contributed by atoms with Gasteiger partial charge in [-0.1, -0.05) is 0 Å². The molecule has 0 atom stereocenters. The molecule has 0 saturated carbocycles. The third-order valence-electron chi connectivity index (χ3n) is 0.964. The van der Waals surface area contributed by atoms with E-state index >= 15 is 0 Å². The molecule has 0 aliphatic carbocycles. The molecule has 0 aromatic heterocycles. The lowest BCUT2D eigenvalue weighted by Crippen LogP contribution is -1.78. The molecule has 0 aliphatic heterocycles. The second-order valence-electron chi connectivity index (χ2n) is 1.57. The van der Waals surface area contributed by atoms with Crippen LogP contribution in [-0.2, 0) is 0 Å². The minimum Gasteiger partial charge on any atom is -0.291 e. The zero-order valence-corrected chi connectivity index (χ0v) is 4.39. The van der Waals surface area contributed by atoms with Crippen molar-refractivity contribution >= 4 is 0 Å². The summed E-state index contributed by atoms with van der Waals surface area (Å²) in [5.74, 6) is -10.6. The minimum absolute atomic E-state index is 2.12. The number of rotatable bonds is 0. The molecule has 0 radical (unpaired) electrons. The highest BCUT2D eigenvalue weighted by Crippen LogP contribution is 2.20. The maximum Gasteiger partial charge on any atom is 0.0824 e. The normalized spacial score (nSPS) is 10.5. The van der Waals surface area contributed by atoms with E-state index in [-0.39, 0.29) is 0 Å². The molecule has 0 saturated heterocycles. The topological polar surface area (TPSA) is 0 Å². The second kappa shape index (κ2) is 2.00. The maximum atomic E-state index is 11.8. The van der Waals surface area contributed by atoms with Gasteiger partial charge in [0.05, 0.1) is 17.5 Å². The van der Waals surface area contributed by atoms with Crippen LogP contribution in [0.3, 0.4) is 0 Å². The van der Waals surface area contributed by atoms with Gasteiger partial charge in [-0.3, -0.25) is 13.2 Å². The highest BCUT2D eigenvalue weighted by Gasteiger charge is 2.12. The molecule has 0 nitrogen and oxygen atoms in total. The Morgan fingerprint density at radius 1 is 0.800 bits per heavy atom. The van der Waals surface area contributed by atoms with Crippen LogP contribution >= 0.6 is 0 Å². The van der Waals surface area contributed by atoms with E-state index < -0.39 is 29.1 Å². The summed E-state index contributed by atoms with van der Waals surface area (Å²) in [4.78, 5) is 0. The van der Waals surface area contributed by atoms with E-state index in [0.29, 0.717) is 0 Å². The predicted molar refractivity (Wildman–Crippen MR) is 21.8 cm³/mol. The van der Waals surface area contributed by atoms with Gasteiger partial charge in [-0.25, -0.2) is 8.78 Å². The molecule has 56 valence electrons. The van der Waals surface area contributed by atoms with Crippen molar-refractivity contribution in [3.63, 3.8) is 0 Å². The van der Waals surface area contributed by atoms with Crippen molar-refractivity contribution in [2.24, 2.45) is 0 Å². The lowest BCUT2D eigenvalue weighted by atomic mass is 10.6. The Morgan fingerprint density at radius 2 is 1.10 bits per heavy atom. The molecular formula is C5F5-. The Morgan fingerprint density at radius 3 is 1.20 bits per heavy atom. The summed E-state index contributed by atoms with van der Waals surface area (Å²) in [5.41, 5.74) is 0. The van der Waals surface area contributed by atoms with E-state index in [1.165, 1.54) is 0 Å². The molecule has 5 heteroatoms. The molecule has 10 heavy (non-hydrogen) atoms. The van der Waals surface area contributed by atoms with Crippen LogP contribution in [0.4, 0.5) is 22.0 Å². The smallest absolute Gasteiger partial charge is 0.0824 e. The first-order valence-electron chi connectivity index (χ1n) is 2.19. The molecule has 0 bridgehead atoms. The van der Waals surface area contributed by atoms with Crippen molar-refractivity contribution in [2.45, 2.75) is 0 Å². The van der Waals surface area contributed by atoms with E-state index in [1.54, 1.807) is 0 Å². The van der Waals surface area contributed by atoms with E-state index in [2.05, 4.69) is 0 Å². The lowest BCUT2D eigenvalue weighted by Gasteiger charge is -1.89. The van der Waals surface area contributed by atoms with E-state index in [4.69, 9.17) is 0 Å². The van der Waals surface area contributed by atoms with Crippen LogP contribution in [0.2, 0.25) is 0 Å². The quantitative estimate of drug-likeness (QED) is 0.397. The second-order valence-corrected chi connectivity index (χ2v) is 1.57. The summed E-state index contributed by atoms with van der Waals surface area (Å²) in [6.07, 6.45) is 0. The highest BCUT2D eigenvalue weighted by molar-refractivity contribution is 5.14. The molecule has 0 heterocycles. The number of hydrogen-bond acceptors (Lipinski definition) is 0. The zero-order valence-electron chi connectivity index (χ0n) is 4.39. The van der Waals surface area contributed by atoms with Crippen LogP contribution in [-0.4, -0.2) is 0 Å². The summed E-state index contributed by atoms with van der Waals surface area (Å²) in [6.45, 7) is 0. The van der Waals surface area contributed by atoms with Gasteiger partial charge in [0.25, 0.3) is 0 Å². The lowest BCUT2D eigenvalue weighted by molar-refractivity contribution is 0.440. The fourth-order valence-electron chi connectivity index (χ4n) is 0.482. The van der Waals surface area contributed by atoms with Crippen molar-refractivity contribution in [3.05, 3.63) is 29.1 Å². The summed E-state index contributed by atoms with van der Waals surface area (Å²) < 4.78 is 58.9. The van der Waals surface area contributed by atoms with E-state index in [9.17, 15) is 22.0 Å². The Bertz CT molecular complexity index is 181. The van der Waals surface area contributed by atoms with Crippen molar-refractivity contribution in [1.82, 2.24) is 0 Å². The molecule has 1 rings (SSSR count). The Balaban J connectivity index is 3.44. The Labute approximate surface area is 52.2 Å². The monoisotopic (exact) mass is 155 g/mol. The van der Waals surface area contributed by atoms with Gasteiger partial charge in [-0.15, -0.1) is 0 Å². The molecular weight excluding hydrogens is 155 g/mol. The van der Waals surface area contributed by atoms with Gasteiger partial charge in [0.2, 0.25) is 0 Å². The standard InChI is InChI=1S/C5F5/c6-1-2(7)4(9)5(10)3(1)8/q-1. The third-order valence-corrected chi connectivity index (χ3v) is 0.964. The fourth-order valence-corrected chi connectivity index (χ4v) is 0.482. The van der Waals surface area contributed by atoms with Crippen molar-refractivity contribution in [3.8, 4) is 0 Å². The first-order valence-corrected chi connectivity index (χ1v) is 2.19. The summed E-state index contributed by atoms with van der Waals surface area (Å²) in [5, 5.41) is 0. The van der Waals surface area contributed by atoms with Crippen molar-refractivity contribution in [1.29, 1.82) is 0 Å². The minimum atomic E-state index is -2.12. The van der Waals surface area contributed by atoms with Crippen LogP contribution in [0.1, 0.15) is 0 Å². The van der Waals surface area contributed by atoms with Crippen LogP contribution in [0.25, 0.3) is 0 Å². The van der Waals surface area contributed by atoms with Gasteiger partial charge in [0.1, 0.15) is 0 Å². The Kier molecular flexibility index (Phi) is 1.42. The molecule has 0 amide bonds. The van der Waals surface area contributed by atoms with Crippen molar-refractivity contribution in [2.75, 3.05) is 0 Å². The van der Waals surface area contributed by atoms with Gasteiger partial charge in [-0.05, 0) is 0 Å². The Hall–Kier alpha value is -1.00. The van der Waals surface area contributed by atoms with E-state index in [1.807, 2.05) is 0 Å². The molecule has 1 aromatic rings. The van der Waals surface area contributed by atoms with Crippen molar-refractivity contribution < 1.29 is 22.0 Å². The molecule has 0 aliphatic rings. The highest BCUT2D eigenvalue weighted by atomic mass is 19.2. The van der Waals surface area contributed by atoms with Gasteiger partial charge >= 0.3 is 0 Å². The molecule has 0 fully saturated rings. The molecule has 1 aromatic carbocycles. The summed E-state index contributed by atoms with van der Waals surface area (Å²) >= 11 is 0. The van der Waals surface area contributed by atoms with Gasteiger partial charge in [0, 0.05) is 11.6 Å². The largest absolute Gasteiger partial charge is 0.291 e. The van der Waals surface area contributed by atoms with Crippen LogP contribution in [0, 0.1) is 29.1 Å². The summed E-state index contributed by atoms with van der Waals surface area (Å²) in [7, 11) is 0. The average Bonchev–Trinajstić information content (AvgIpc) is 2.07. The number of hydrogen-bond donors (Lipinski definition) is 0. The SMILES string of the molecule is Fc1c(F)c(F)[c-](F)c1F. The maximum absolute atomic E-state index is 11.8. The van der Waals surface area contributed by atoms with Gasteiger partial charge < -0.3 is 0 Å². The first-order chi connectivity index (χ1) is 4.55. The number of halogens is 5. The fraction of sp³-hybridized carbons (Fsp3) is 0. The first kappa shape index (κ1) is 7.11. The third kappa shape index (κ3) is 0.698. The molecule has 0 N–H and O–H groups in total. The van der Waals surface area contributed by atoms with Crippen LogP contribution in [0.15, 0.2) is 0 Å². The average molecular weight is 155 g/mol. The van der Waals surface area contributed by atoms with Gasteiger partial charge in [-0.2, -0.15) is 0 Å². The van der Waals surface area contributed by atoms with E-state index in [0.717, 1.165) is 0 Å². The van der Waals surface area contributed by atoms with Crippen LogP contribution in [0.5, 0.6) is 0 Å². The summed E-state index contributed by atoms with van der Waals surface area (Å²) in [6, 6.07) is 0. The predicted octanol–water partition coefficient (Wildman–Crippen LogP) is 2.10. The molecule has 0 unspecified atom stereocenters. The molecule has 0 spiro atoms. The zero-order chi connectivity index (χ0) is 7.89. The van der Waals surface area contributed by atoms with Crippen LogP contribution < -0.4 is 0 Å². The van der Waals surface area contributed by atoms with Gasteiger partial charge in [0.15, 0.2) is 0 Å².